The molecule has 0 N–H and O–H groups in total. The predicted octanol–water partition coefficient (Wildman–Crippen LogP) is 1.87. The molecular formula is C20H23N7O. The molecule has 3 aromatic heterocycles. The molecule has 2 fully saturated rings. The number of amides is 1. The van der Waals surface area contributed by atoms with E-state index in [-0.39, 0.29) is 5.92 Å². The summed E-state index contributed by atoms with van der Waals surface area (Å²) in [6, 6.07) is 3.83. The van der Waals surface area contributed by atoms with Gasteiger partial charge >= 0.3 is 0 Å². The lowest BCUT2D eigenvalue weighted by Gasteiger charge is -2.23. The first-order valence-corrected chi connectivity index (χ1v) is 9.84. The standard InChI is InChI=1S/C20H23N7O/c1-25-18-16(13-22-25)19(24-17(23-18)14-5-7-21-8-6-14)26-9-2-10-27(12-11-26)20(28)15-3-4-15/h5-8,13,15H,2-4,9-12H2,1H3. The molecule has 0 spiro atoms. The lowest BCUT2D eigenvalue weighted by molar-refractivity contribution is -0.132. The second-order valence-electron chi connectivity index (χ2n) is 7.55. The average Bonchev–Trinajstić information content (AvgIpc) is 3.54. The van der Waals surface area contributed by atoms with Crippen LogP contribution in [0.3, 0.4) is 0 Å². The van der Waals surface area contributed by atoms with Gasteiger partial charge in [-0.15, -0.1) is 0 Å². The molecule has 0 bridgehead atoms. The zero-order valence-electron chi connectivity index (χ0n) is 16.0. The van der Waals surface area contributed by atoms with Crippen LogP contribution in [0.15, 0.2) is 30.7 Å². The third-order valence-corrected chi connectivity index (χ3v) is 5.54. The van der Waals surface area contributed by atoms with Gasteiger partial charge < -0.3 is 9.80 Å². The van der Waals surface area contributed by atoms with Gasteiger partial charge in [0.2, 0.25) is 5.91 Å². The lowest BCUT2D eigenvalue weighted by atomic mass is 10.2. The van der Waals surface area contributed by atoms with Crippen LogP contribution in [0.2, 0.25) is 0 Å². The highest BCUT2D eigenvalue weighted by Crippen LogP contribution is 2.32. The van der Waals surface area contributed by atoms with E-state index in [1.807, 2.05) is 30.3 Å². The van der Waals surface area contributed by atoms with Gasteiger partial charge in [0.15, 0.2) is 11.5 Å². The van der Waals surface area contributed by atoms with Crippen molar-refractivity contribution in [1.29, 1.82) is 0 Å². The number of carbonyl (C=O) groups is 1. The number of hydrogen-bond donors (Lipinski definition) is 0. The predicted molar refractivity (Wildman–Crippen MR) is 106 cm³/mol. The molecule has 28 heavy (non-hydrogen) atoms. The van der Waals surface area contributed by atoms with Crippen molar-refractivity contribution in [3.8, 4) is 11.4 Å². The molecule has 144 valence electrons. The fraction of sp³-hybridized carbons (Fsp3) is 0.450. The summed E-state index contributed by atoms with van der Waals surface area (Å²) in [5, 5.41) is 5.34. The molecule has 0 unspecified atom stereocenters. The second kappa shape index (κ2) is 6.85. The molecule has 0 aromatic carbocycles. The second-order valence-corrected chi connectivity index (χ2v) is 7.55. The van der Waals surface area contributed by atoms with Crippen LogP contribution < -0.4 is 4.90 Å². The first-order chi connectivity index (χ1) is 13.7. The fourth-order valence-electron chi connectivity index (χ4n) is 3.82. The van der Waals surface area contributed by atoms with Gasteiger partial charge in [0.1, 0.15) is 5.82 Å². The summed E-state index contributed by atoms with van der Waals surface area (Å²) in [4.78, 5) is 30.5. The lowest BCUT2D eigenvalue weighted by Crippen LogP contribution is -2.36. The van der Waals surface area contributed by atoms with Gasteiger partial charge in [-0.25, -0.2) is 9.97 Å². The van der Waals surface area contributed by atoms with E-state index in [0.717, 1.165) is 67.9 Å². The zero-order valence-corrected chi connectivity index (χ0v) is 16.0. The van der Waals surface area contributed by atoms with Crippen molar-refractivity contribution in [2.75, 3.05) is 31.1 Å². The van der Waals surface area contributed by atoms with Crippen molar-refractivity contribution in [1.82, 2.24) is 29.6 Å². The van der Waals surface area contributed by atoms with Crippen molar-refractivity contribution >= 4 is 22.8 Å². The molecule has 1 saturated heterocycles. The number of nitrogens with zero attached hydrogens (tertiary/aromatic N) is 7. The molecule has 1 aliphatic carbocycles. The van der Waals surface area contributed by atoms with Crippen molar-refractivity contribution in [2.24, 2.45) is 13.0 Å². The maximum Gasteiger partial charge on any atom is 0.225 e. The molecule has 2 aliphatic rings. The van der Waals surface area contributed by atoms with E-state index in [1.54, 1.807) is 17.1 Å². The van der Waals surface area contributed by atoms with Gasteiger partial charge in [0.05, 0.1) is 11.6 Å². The minimum atomic E-state index is 0.272. The maximum atomic E-state index is 12.5. The van der Waals surface area contributed by atoms with Crippen molar-refractivity contribution in [3.63, 3.8) is 0 Å². The topological polar surface area (TPSA) is 80.0 Å². The number of aryl methyl sites for hydroxylation is 1. The van der Waals surface area contributed by atoms with E-state index in [9.17, 15) is 4.79 Å². The van der Waals surface area contributed by atoms with Gasteiger partial charge in [0.25, 0.3) is 0 Å². The van der Waals surface area contributed by atoms with Crippen molar-refractivity contribution in [2.45, 2.75) is 19.3 Å². The highest BCUT2D eigenvalue weighted by Gasteiger charge is 2.34. The SMILES string of the molecule is Cn1ncc2c(N3CCCN(C(=O)C4CC4)CC3)nc(-c3ccncc3)nc21. The highest BCUT2D eigenvalue weighted by molar-refractivity contribution is 5.89. The number of aromatic nitrogens is 5. The third kappa shape index (κ3) is 3.08. The Kier molecular flexibility index (Phi) is 4.18. The van der Waals surface area contributed by atoms with Crippen LogP contribution in [0.5, 0.6) is 0 Å². The average molecular weight is 377 g/mol. The Morgan fingerprint density at radius 2 is 1.89 bits per heavy atom. The van der Waals surface area contributed by atoms with E-state index < -0.39 is 0 Å². The minimum absolute atomic E-state index is 0.272. The monoisotopic (exact) mass is 377 g/mol. The molecule has 1 aliphatic heterocycles. The molecule has 8 nitrogen and oxygen atoms in total. The summed E-state index contributed by atoms with van der Waals surface area (Å²) >= 11 is 0. The van der Waals surface area contributed by atoms with Gasteiger partial charge in [0, 0.05) is 57.1 Å². The quantitative estimate of drug-likeness (QED) is 0.693. The summed E-state index contributed by atoms with van der Waals surface area (Å²) in [6.07, 6.45) is 8.37. The molecule has 1 amide bonds. The van der Waals surface area contributed by atoms with Crippen LogP contribution in [-0.4, -0.2) is 61.7 Å². The number of carbonyl (C=O) groups excluding carboxylic acids is 1. The van der Waals surface area contributed by atoms with Crippen LogP contribution in [0, 0.1) is 5.92 Å². The molecule has 5 rings (SSSR count). The molecule has 4 heterocycles. The van der Waals surface area contributed by atoms with Crippen LogP contribution in [0.25, 0.3) is 22.4 Å². The van der Waals surface area contributed by atoms with E-state index in [1.165, 1.54) is 0 Å². The first-order valence-electron chi connectivity index (χ1n) is 9.84. The van der Waals surface area contributed by atoms with Gasteiger partial charge in [-0.2, -0.15) is 5.10 Å². The Balaban J connectivity index is 1.50. The largest absolute Gasteiger partial charge is 0.354 e. The van der Waals surface area contributed by atoms with E-state index in [0.29, 0.717) is 11.7 Å². The van der Waals surface area contributed by atoms with Crippen LogP contribution >= 0.6 is 0 Å². The Morgan fingerprint density at radius 1 is 1.07 bits per heavy atom. The Morgan fingerprint density at radius 3 is 2.68 bits per heavy atom. The first kappa shape index (κ1) is 17.1. The normalized spacial score (nSPS) is 17.8. The molecule has 0 atom stereocenters. The van der Waals surface area contributed by atoms with Crippen molar-refractivity contribution < 1.29 is 4.79 Å². The zero-order chi connectivity index (χ0) is 19.1. The number of hydrogen-bond acceptors (Lipinski definition) is 6. The summed E-state index contributed by atoms with van der Waals surface area (Å²) in [5.41, 5.74) is 1.74. The maximum absolute atomic E-state index is 12.5. The molecule has 0 radical (unpaired) electrons. The smallest absolute Gasteiger partial charge is 0.225 e. The third-order valence-electron chi connectivity index (χ3n) is 5.54. The molecular weight excluding hydrogens is 354 g/mol. The molecule has 8 heteroatoms. The number of fused-ring (bicyclic) bond motifs is 1. The van der Waals surface area contributed by atoms with Gasteiger partial charge in [-0.05, 0) is 31.4 Å². The fourth-order valence-corrected chi connectivity index (χ4v) is 3.82. The summed E-state index contributed by atoms with van der Waals surface area (Å²) in [6.45, 7) is 3.20. The summed E-state index contributed by atoms with van der Waals surface area (Å²) < 4.78 is 1.78. The van der Waals surface area contributed by atoms with E-state index in [2.05, 4.69) is 15.0 Å². The summed E-state index contributed by atoms with van der Waals surface area (Å²) in [5.74, 6) is 2.16. The van der Waals surface area contributed by atoms with Gasteiger partial charge in [-0.3, -0.25) is 14.5 Å². The Bertz CT molecular complexity index is 1010. The number of anilines is 1. The van der Waals surface area contributed by atoms with Crippen LogP contribution in [0.1, 0.15) is 19.3 Å². The van der Waals surface area contributed by atoms with E-state index in [4.69, 9.17) is 9.97 Å². The molecule has 1 saturated carbocycles. The minimum Gasteiger partial charge on any atom is -0.354 e. The number of pyridine rings is 1. The van der Waals surface area contributed by atoms with Crippen LogP contribution in [0.4, 0.5) is 5.82 Å². The van der Waals surface area contributed by atoms with E-state index >= 15 is 0 Å². The number of rotatable bonds is 3. The Hall–Kier alpha value is -3.03. The summed E-state index contributed by atoms with van der Waals surface area (Å²) in [7, 11) is 1.90. The highest BCUT2D eigenvalue weighted by atomic mass is 16.2. The van der Waals surface area contributed by atoms with Crippen molar-refractivity contribution in [3.05, 3.63) is 30.7 Å². The van der Waals surface area contributed by atoms with Gasteiger partial charge in [-0.1, -0.05) is 0 Å². The Labute approximate surface area is 163 Å². The van der Waals surface area contributed by atoms with Crippen LogP contribution in [-0.2, 0) is 11.8 Å². The molecule has 3 aromatic rings.